The molecular weight excluding hydrogens is 168 g/mol. The summed E-state index contributed by atoms with van der Waals surface area (Å²) in [6.45, 7) is 3.98. The fraction of sp³-hybridized carbons (Fsp3) is 0.900. The summed E-state index contributed by atoms with van der Waals surface area (Å²) in [5, 5.41) is 8.93. The predicted octanol–water partition coefficient (Wildman–Crippen LogP) is 2.06. The third-order valence-electron chi connectivity index (χ3n) is 3.07. The molecule has 1 saturated carbocycles. The number of carboxylic acids is 1. The van der Waals surface area contributed by atoms with Gasteiger partial charge in [-0.1, -0.05) is 0 Å². The topological polar surface area (TPSA) is 46.5 Å². The first-order chi connectivity index (χ1) is 5.92. The van der Waals surface area contributed by atoms with Crippen LogP contribution in [0, 0.1) is 5.41 Å². The number of hydrogen-bond donors (Lipinski definition) is 1. The molecule has 0 aromatic carbocycles. The Morgan fingerprint density at radius 3 is 2.38 bits per heavy atom. The summed E-state index contributed by atoms with van der Waals surface area (Å²) in [6.07, 6.45) is 3.23. The SMILES string of the molecule is COC(C)(C)CCC1(C(=O)O)CC1. The van der Waals surface area contributed by atoms with Crippen LogP contribution in [0.1, 0.15) is 39.5 Å². The highest BCUT2D eigenvalue weighted by atomic mass is 16.5. The van der Waals surface area contributed by atoms with E-state index >= 15 is 0 Å². The molecule has 0 radical (unpaired) electrons. The molecule has 0 aromatic heterocycles. The van der Waals surface area contributed by atoms with Crippen LogP contribution < -0.4 is 0 Å². The Balaban J connectivity index is 2.39. The van der Waals surface area contributed by atoms with E-state index in [9.17, 15) is 4.79 Å². The molecule has 0 spiro atoms. The van der Waals surface area contributed by atoms with Crippen LogP contribution in [0.3, 0.4) is 0 Å². The number of rotatable bonds is 5. The van der Waals surface area contributed by atoms with Gasteiger partial charge in [-0.25, -0.2) is 0 Å². The van der Waals surface area contributed by atoms with E-state index in [0.29, 0.717) is 0 Å². The van der Waals surface area contributed by atoms with Crippen LogP contribution in [0.4, 0.5) is 0 Å². The highest BCUT2D eigenvalue weighted by Crippen LogP contribution is 2.50. The maximum atomic E-state index is 10.8. The second-order valence-electron chi connectivity index (χ2n) is 4.55. The minimum Gasteiger partial charge on any atom is -0.481 e. The van der Waals surface area contributed by atoms with Gasteiger partial charge < -0.3 is 9.84 Å². The molecule has 1 N–H and O–H groups in total. The molecule has 1 aliphatic carbocycles. The van der Waals surface area contributed by atoms with E-state index in [1.807, 2.05) is 13.8 Å². The van der Waals surface area contributed by atoms with E-state index in [-0.39, 0.29) is 5.60 Å². The van der Waals surface area contributed by atoms with Crippen molar-refractivity contribution in [2.45, 2.75) is 45.1 Å². The molecule has 0 aliphatic heterocycles. The lowest BCUT2D eigenvalue weighted by molar-refractivity contribution is -0.144. The summed E-state index contributed by atoms with van der Waals surface area (Å²) in [5.74, 6) is -0.639. The second-order valence-corrected chi connectivity index (χ2v) is 4.55. The van der Waals surface area contributed by atoms with Crippen molar-refractivity contribution in [2.75, 3.05) is 7.11 Å². The molecule has 0 amide bonds. The highest BCUT2D eigenvalue weighted by Gasteiger charge is 2.50. The first kappa shape index (κ1) is 10.5. The molecule has 1 aliphatic rings. The zero-order valence-electron chi connectivity index (χ0n) is 8.59. The standard InChI is InChI=1S/C10H18O3/c1-9(2,13-3)4-5-10(6-7-10)8(11)12/h4-7H2,1-3H3,(H,11,12). The molecule has 3 nitrogen and oxygen atoms in total. The third-order valence-corrected chi connectivity index (χ3v) is 3.07. The Morgan fingerprint density at radius 2 is 2.08 bits per heavy atom. The summed E-state index contributed by atoms with van der Waals surface area (Å²) in [6, 6.07) is 0. The van der Waals surface area contributed by atoms with Crippen molar-refractivity contribution in [3.05, 3.63) is 0 Å². The van der Waals surface area contributed by atoms with Gasteiger partial charge >= 0.3 is 5.97 Å². The van der Waals surface area contributed by atoms with E-state index in [4.69, 9.17) is 9.84 Å². The Labute approximate surface area is 79.1 Å². The van der Waals surface area contributed by atoms with E-state index in [0.717, 1.165) is 25.7 Å². The minimum atomic E-state index is -0.639. The molecule has 0 atom stereocenters. The smallest absolute Gasteiger partial charge is 0.309 e. The molecule has 0 unspecified atom stereocenters. The monoisotopic (exact) mass is 186 g/mol. The lowest BCUT2D eigenvalue weighted by Gasteiger charge is -2.24. The predicted molar refractivity (Wildman–Crippen MR) is 49.6 cm³/mol. The van der Waals surface area contributed by atoms with Gasteiger partial charge in [0, 0.05) is 7.11 Å². The zero-order chi connectivity index (χ0) is 10.1. The van der Waals surface area contributed by atoms with Gasteiger partial charge in [-0.05, 0) is 39.5 Å². The van der Waals surface area contributed by atoms with Crippen LogP contribution >= 0.6 is 0 Å². The fourth-order valence-electron chi connectivity index (χ4n) is 1.36. The first-order valence-electron chi connectivity index (χ1n) is 4.70. The summed E-state index contributed by atoms with van der Waals surface area (Å²) in [7, 11) is 1.67. The Morgan fingerprint density at radius 1 is 1.54 bits per heavy atom. The molecule has 3 heteroatoms. The maximum absolute atomic E-state index is 10.8. The average Bonchev–Trinajstić information content (AvgIpc) is 2.82. The molecule has 13 heavy (non-hydrogen) atoms. The third kappa shape index (κ3) is 2.44. The number of carbonyl (C=O) groups is 1. The molecule has 1 rings (SSSR count). The van der Waals surface area contributed by atoms with Crippen molar-refractivity contribution in [1.82, 2.24) is 0 Å². The van der Waals surface area contributed by atoms with Crippen LogP contribution in [-0.4, -0.2) is 23.8 Å². The van der Waals surface area contributed by atoms with Gasteiger partial charge in [-0.2, -0.15) is 0 Å². The van der Waals surface area contributed by atoms with Crippen molar-refractivity contribution in [2.24, 2.45) is 5.41 Å². The molecular formula is C10H18O3. The lowest BCUT2D eigenvalue weighted by atomic mass is 9.93. The van der Waals surface area contributed by atoms with E-state index in [1.54, 1.807) is 7.11 Å². The first-order valence-corrected chi connectivity index (χ1v) is 4.70. The molecule has 0 aromatic rings. The fourth-order valence-corrected chi connectivity index (χ4v) is 1.36. The number of aliphatic carboxylic acids is 1. The molecule has 1 fully saturated rings. The number of carboxylic acid groups (broad SMARTS) is 1. The molecule has 0 saturated heterocycles. The minimum absolute atomic E-state index is 0.189. The van der Waals surface area contributed by atoms with Crippen molar-refractivity contribution in [1.29, 1.82) is 0 Å². The molecule has 76 valence electrons. The number of ether oxygens (including phenoxy) is 1. The maximum Gasteiger partial charge on any atom is 0.309 e. The molecule has 0 heterocycles. The van der Waals surface area contributed by atoms with Gasteiger partial charge in [0.2, 0.25) is 0 Å². The van der Waals surface area contributed by atoms with Gasteiger partial charge in [-0.3, -0.25) is 4.79 Å². The van der Waals surface area contributed by atoms with Crippen molar-refractivity contribution in [3.8, 4) is 0 Å². The van der Waals surface area contributed by atoms with Crippen molar-refractivity contribution in [3.63, 3.8) is 0 Å². The zero-order valence-corrected chi connectivity index (χ0v) is 8.59. The number of methoxy groups -OCH3 is 1. The van der Waals surface area contributed by atoms with E-state index < -0.39 is 11.4 Å². The quantitative estimate of drug-likeness (QED) is 0.714. The second kappa shape index (κ2) is 3.29. The largest absolute Gasteiger partial charge is 0.481 e. The van der Waals surface area contributed by atoms with Crippen LogP contribution in [0.25, 0.3) is 0 Å². The van der Waals surface area contributed by atoms with Crippen LogP contribution in [0.15, 0.2) is 0 Å². The van der Waals surface area contributed by atoms with Gasteiger partial charge in [0.25, 0.3) is 0 Å². The van der Waals surface area contributed by atoms with Gasteiger partial charge in [0.15, 0.2) is 0 Å². The van der Waals surface area contributed by atoms with Crippen molar-refractivity contribution >= 4 is 5.97 Å². The van der Waals surface area contributed by atoms with Crippen LogP contribution in [0.5, 0.6) is 0 Å². The lowest BCUT2D eigenvalue weighted by Crippen LogP contribution is -2.25. The van der Waals surface area contributed by atoms with E-state index in [1.165, 1.54) is 0 Å². The Bertz CT molecular complexity index is 204. The Hall–Kier alpha value is -0.570. The Kier molecular flexibility index (Phi) is 2.66. The van der Waals surface area contributed by atoms with Gasteiger partial charge in [0.1, 0.15) is 0 Å². The van der Waals surface area contributed by atoms with Crippen molar-refractivity contribution < 1.29 is 14.6 Å². The summed E-state index contributed by atoms with van der Waals surface area (Å²) in [5.41, 5.74) is -0.596. The van der Waals surface area contributed by atoms with Gasteiger partial charge in [-0.15, -0.1) is 0 Å². The normalized spacial score (nSPS) is 19.9. The van der Waals surface area contributed by atoms with Gasteiger partial charge in [0.05, 0.1) is 11.0 Å². The number of hydrogen-bond acceptors (Lipinski definition) is 2. The van der Waals surface area contributed by atoms with Crippen LogP contribution in [0.2, 0.25) is 0 Å². The van der Waals surface area contributed by atoms with Crippen LogP contribution in [-0.2, 0) is 9.53 Å². The summed E-state index contributed by atoms with van der Waals surface area (Å²) < 4.78 is 5.25. The molecule has 0 bridgehead atoms. The van der Waals surface area contributed by atoms with E-state index in [2.05, 4.69) is 0 Å². The summed E-state index contributed by atoms with van der Waals surface area (Å²) >= 11 is 0. The average molecular weight is 186 g/mol. The summed E-state index contributed by atoms with van der Waals surface area (Å²) in [4.78, 5) is 10.8. The highest BCUT2D eigenvalue weighted by molar-refractivity contribution is 5.77.